The number of anilines is 2. The van der Waals surface area contributed by atoms with Crippen LogP contribution in [0.5, 0.6) is 0 Å². The van der Waals surface area contributed by atoms with E-state index in [1.807, 2.05) is 12.1 Å². The molecule has 1 aromatic heterocycles. The third-order valence-electron chi connectivity index (χ3n) is 5.99. The Labute approximate surface area is 185 Å². The number of hydrogen-bond donors (Lipinski definition) is 2. The van der Waals surface area contributed by atoms with E-state index < -0.39 is 10.8 Å². The zero-order valence-electron chi connectivity index (χ0n) is 17.3. The quantitative estimate of drug-likeness (QED) is 0.671. The molecule has 2 aliphatic rings. The lowest BCUT2D eigenvalue weighted by Gasteiger charge is -2.33. The molecule has 2 atom stereocenters. The molecule has 0 bridgehead atoms. The maximum Gasteiger partial charge on any atom is 0.227 e. The summed E-state index contributed by atoms with van der Waals surface area (Å²) in [6, 6.07) is 8.07. The molecule has 4 rings (SSSR count). The first-order valence-electron chi connectivity index (χ1n) is 10.8. The molecule has 1 fully saturated rings. The Morgan fingerprint density at radius 3 is 2.67 bits per heavy atom. The summed E-state index contributed by atoms with van der Waals surface area (Å²) in [5.74, 6) is 2.45. The largest absolute Gasteiger partial charge is 0.394 e. The highest BCUT2D eigenvalue weighted by atomic mass is 35.5. The number of rotatable bonds is 7. The monoisotopic (exact) mass is 448 g/mol. The molecule has 0 radical (unpaired) electrons. The highest BCUT2D eigenvalue weighted by Gasteiger charge is 2.29. The van der Waals surface area contributed by atoms with E-state index in [1.165, 1.54) is 5.56 Å². The predicted molar refractivity (Wildman–Crippen MR) is 122 cm³/mol. The second kappa shape index (κ2) is 9.62. The summed E-state index contributed by atoms with van der Waals surface area (Å²) in [4.78, 5) is 12.5. The van der Waals surface area contributed by atoms with Crippen molar-refractivity contribution in [3.63, 3.8) is 0 Å². The van der Waals surface area contributed by atoms with Gasteiger partial charge in [-0.3, -0.25) is 4.21 Å². The van der Waals surface area contributed by atoms with Gasteiger partial charge in [-0.25, -0.2) is 4.98 Å². The molecule has 0 saturated carbocycles. The van der Waals surface area contributed by atoms with Crippen molar-refractivity contribution >= 4 is 34.2 Å². The van der Waals surface area contributed by atoms with Crippen LogP contribution in [0.3, 0.4) is 0 Å². The third-order valence-corrected chi connectivity index (χ3v) is 7.70. The van der Waals surface area contributed by atoms with Crippen molar-refractivity contribution in [3.8, 4) is 0 Å². The molecule has 6 nitrogen and oxygen atoms in total. The Bertz CT molecular complexity index is 901. The number of hydrogen-bond acceptors (Lipinski definition) is 6. The van der Waals surface area contributed by atoms with Gasteiger partial charge in [-0.1, -0.05) is 37.1 Å². The van der Waals surface area contributed by atoms with Crippen LogP contribution in [0.25, 0.3) is 0 Å². The Balaban J connectivity index is 1.52. The molecule has 1 aromatic carbocycles. The van der Waals surface area contributed by atoms with Gasteiger partial charge in [0, 0.05) is 30.3 Å². The van der Waals surface area contributed by atoms with E-state index in [0.29, 0.717) is 29.9 Å². The number of halogens is 1. The number of nitrogens with one attached hydrogen (secondary N) is 1. The molecule has 1 saturated heterocycles. The Hall–Kier alpha value is -1.70. The SMILES string of the molecule is CCCC(CO)Nc1nc(N2CCC(c3ccc(Cl)cc3)CC2)nc2c1[S@](=O)CC2. The number of piperidine rings is 1. The van der Waals surface area contributed by atoms with Crippen LogP contribution >= 0.6 is 11.6 Å². The van der Waals surface area contributed by atoms with Crippen LogP contribution in [-0.2, 0) is 17.2 Å². The molecule has 1 unspecified atom stereocenters. The van der Waals surface area contributed by atoms with Crippen molar-refractivity contribution in [2.24, 2.45) is 0 Å². The van der Waals surface area contributed by atoms with Crippen LogP contribution in [0.4, 0.5) is 11.8 Å². The molecule has 2 aliphatic heterocycles. The summed E-state index contributed by atoms with van der Waals surface area (Å²) >= 11 is 6.02. The minimum atomic E-state index is -1.08. The summed E-state index contributed by atoms with van der Waals surface area (Å²) in [6.45, 7) is 3.88. The first-order valence-corrected chi connectivity index (χ1v) is 12.5. The topological polar surface area (TPSA) is 78.3 Å². The molecular weight excluding hydrogens is 420 g/mol. The van der Waals surface area contributed by atoms with Crippen molar-refractivity contribution in [2.45, 2.75) is 55.9 Å². The Kier molecular flexibility index (Phi) is 6.91. The second-order valence-corrected chi connectivity index (χ2v) is 10.0. The van der Waals surface area contributed by atoms with E-state index in [9.17, 15) is 9.32 Å². The van der Waals surface area contributed by atoms with Gasteiger partial charge in [0.25, 0.3) is 0 Å². The number of aliphatic hydroxyl groups is 1. The number of aryl methyl sites for hydroxylation is 1. The van der Waals surface area contributed by atoms with Crippen molar-refractivity contribution in [3.05, 3.63) is 40.5 Å². The van der Waals surface area contributed by atoms with Gasteiger partial charge in [-0.05, 0) is 42.9 Å². The molecule has 0 aliphatic carbocycles. The predicted octanol–water partition coefficient (Wildman–Crippen LogP) is 3.75. The fourth-order valence-electron chi connectivity index (χ4n) is 4.32. The summed E-state index contributed by atoms with van der Waals surface area (Å²) < 4.78 is 12.5. The van der Waals surface area contributed by atoms with Gasteiger partial charge in [0.2, 0.25) is 5.95 Å². The molecule has 2 aromatic rings. The maximum absolute atomic E-state index is 12.5. The summed E-state index contributed by atoms with van der Waals surface area (Å²) in [6.07, 6.45) is 4.58. The van der Waals surface area contributed by atoms with Crippen LogP contribution in [0.2, 0.25) is 5.02 Å². The number of fused-ring (bicyclic) bond motifs is 1. The molecule has 30 heavy (non-hydrogen) atoms. The van der Waals surface area contributed by atoms with Gasteiger partial charge in [-0.15, -0.1) is 0 Å². The number of benzene rings is 1. The average molecular weight is 449 g/mol. The van der Waals surface area contributed by atoms with Crippen LogP contribution in [0, 0.1) is 0 Å². The number of aliphatic hydroxyl groups excluding tert-OH is 1. The normalized spacial score (nSPS) is 20.2. The van der Waals surface area contributed by atoms with E-state index >= 15 is 0 Å². The molecule has 0 spiro atoms. The van der Waals surface area contributed by atoms with Crippen LogP contribution in [-0.4, -0.2) is 50.8 Å². The zero-order chi connectivity index (χ0) is 21.1. The minimum Gasteiger partial charge on any atom is -0.394 e. The average Bonchev–Trinajstić information content (AvgIpc) is 3.15. The lowest BCUT2D eigenvalue weighted by molar-refractivity contribution is 0.268. The summed E-state index contributed by atoms with van der Waals surface area (Å²) in [5, 5.41) is 13.8. The minimum absolute atomic E-state index is 0.0288. The van der Waals surface area contributed by atoms with Crippen molar-refractivity contribution in [2.75, 3.05) is 35.7 Å². The van der Waals surface area contributed by atoms with Crippen LogP contribution in [0.1, 0.15) is 49.8 Å². The highest BCUT2D eigenvalue weighted by molar-refractivity contribution is 7.85. The first-order chi connectivity index (χ1) is 14.6. The van der Waals surface area contributed by atoms with Gasteiger partial charge < -0.3 is 15.3 Å². The summed E-state index contributed by atoms with van der Waals surface area (Å²) in [5.41, 5.74) is 2.21. The molecule has 8 heteroatoms. The van der Waals surface area contributed by atoms with E-state index in [1.54, 1.807) is 0 Å². The fraction of sp³-hybridized carbons (Fsp3) is 0.545. The van der Waals surface area contributed by atoms with E-state index in [-0.39, 0.29) is 12.6 Å². The number of aromatic nitrogens is 2. The molecule has 162 valence electrons. The van der Waals surface area contributed by atoms with Gasteiger partial charge in [0.1, 0.15) is 10.7 Å². The molecular formula is C22H29ClN4O2S. The van der Waals surface area contributed by atoms with Gasteiger partial charge >= 0.3 is 0 Å². The molecule has 0 amide bonds. The Morgan fingerprint density at radius 2 is 2.00 bits per heavy atom. The van der Waals surface area contributed by atoms with Crippen LogP contribution < -0.4 is 10.2 Å². The standard InChI is InChI=1S/C22H29ClN4O2S/c1-2-3-18(14-28)24-21-20-19(10-13-30(20)29)25-22(26-21)27-11-8-16(9-12-27)15-4-6-17(23)7-5-15/h4-7,16,18,28H,2-3,8-14H2,1H3,(H,24,25,26)/t18?,30-/m1/s1. The smallest absolute Gasteiger partial charge is 0.227 e. The van der Waals surface area contributed by atoms with Gasteiger partial charge in [0.05, 0.1) is 29.1 Å². The first kappa shape index (κ1) is 21.5. The van der Waals surface area contributed by atoms with Crippen molar-refractivity contribution < 1.29 is 9.32 Å². The lowest BCUT2D eigenvalue weighted by Crippen LogP contribution is -2.35. The van der Waals surface area contributed by atoms with E-state index in [2.05, 4.69) is 29.3 Å². The number of nitrogens with zero attached hydrogens (tertiary/aromatic N) is 3. The third kappa shape index (κ3) is 4.63. The zero-order valence-corrected chi connectivity index (χ0v) is 18.9. The molecule has 3 heterocycles. The highest BCUT2D eigenvalue weighted by Crippen LogP contribution is 2.34. The molecule has 2 N–H and O–H groups in total. The Morgan fingerprint density at radius 1 is 1.27 bits per heavy atom. The maximum atomic E-state index is 12.5. The van der Waals surface area contributed by atoms with Gasteiger partial charge in [0.15, 0.2) is 0 Å². The van der Waals surface area contributed by atoms with Crippen LogP contribution in [0.15, 0.2) is 29.2 Å². The lowest BCUT2D eigenvalue weighted by atomic mass is 9.89. The van der Waals surface area contributed by atoms with E-state index in [4.69, 9.17) is 21.6 Å². The van der Waals surface area contributed by atoms with Crippen molar-refractivity contribution in [1.29, 1.82) is 0 Å². The van der Waals surface area contributed by atoms with Gasteiger partial charge in [-0.2, -0.15) is 4.98 Å². The fourth-order valence-corrected chi connectivity index (χ4v) is 5.76. The second-order valence-electron chi connectivity index (χ2n) is 8.07. The van der Waals surface area contributed by atoms with E-state index in [0.717, 1.165) is 54.4 Å². The van der Waals surface area contributed by atoms with Crippen molar-refractivity contribution in [1.82, 2.24) is 9.97 Å². The summed E-state index contributed by atoms with van der Waals surface area (Å²) in [7, 11) is -1.08.